The van der Waals surface area contributed by atoms with E-state index in [2.05, 4.69) is 6.07 Å². The Labute approximate surface area is 71.7 Å². The molecule has 2 rings (SSSR count). The number of rotatable bonds is 1. The third-order valence-corrected chi connectivity index (χ3v) is 2.13. The molecule has 0 spiro atoms. The number of ketones is 1. The van der Waals surface area contributed by atoms with Crippen LogP contribution in [0.15, 0.2) is 23.8 Å². The molecule has 1 heteroatoms. The molecule has 0 aliphatic heterocycles. The highest BCUT2D eigenvalue weighted by molar-refractivity contribution is 6.00. The zero-order chi connectivity index (χ0) is 8.55. The molecule has 0 heterocycles. The molecule has 12 heavy (non-hydrogen) atoms. The number of carbonyl (C=O) groups excluding carboxylic acids is 1. The average molecular weight is 157 g/mol. The van der Waals surface area contributed by atoms with Crippen molar-refractivity contribution in [1.29, 1.82) is 0 Å². The molecule has 0 unspecified atom stereocenters. The minimum atomic E-state index is 0.166. The van der Waals surface area contributed by atoms with Crippen molar-refractivity contribution in [2.75, 3.05) is 0 Å². The van der Waals surface area contributed by atoms with Gasteiger partial charge >= 0.3 is 0 Å². The SMILES string of the molecule is CC(=O)C1=Cc2[c]cccc2C1. The van der Waals surface area contributed by atoms with Gasteiger partial charge in [-0.1, -0.05) is 18.2 Å². The van der Waals surface area contributed by atoms with Gasteiger partial charge in [-0.15, -0.1) is 0 Å². The Morgan fingerprint density at radius 2 is 2.42 bits per heavy atom. The van der Waals surface area contributed by atoms with E-state index in [4.69, 9.17) is 0 Å². The summed E-state index contributed by atoms with van der Waals surface area (Å²) in [6.07, 6.45) is 2.71. The molecule has 1 radical (unpaired) electrons. The van der Waals surface area contributed by atoms with Gasteiger partial charge in [-0.25, -0.2) is 0 Å². The summed E-state index contributed by atoms with van der Waals surface area (Å²) in [5.41, 5.74) is 3.18. The molecule has 1 aliphatic carbocycles. The Morgan fingerprint density at radius 1 is 1.58 bits per heavy atom. The molecule has 59 valence electrons. The lowest BCUT2D eigenvalue weighted by Crippen LogP contribution is -1.94. The van der Waals surface area contributed by atoms with Gasteiger partial charge in [-0.3, -0.25) is 4.79 Å². The smallest absolute Gasteiger partial charge is 0.156 e. The molecule has 1 aromatic carbocycles. The zero-order valence-corrected chi connectivity index (χ0v) is 6.92. The molecule has 0 saturated carbocycles. The lowest BCUT2D eigenvalue weighted by molar-refractivity contribution is -0.113. The molecule has 0 amide bonds. The molecule has 1 nitrogen and oxygen atoms in total. The summed E-state index contributed by atoms with van der Waals surface area (Å²) in [5.74, 6) is 0.166. The summed E-state index contributed by atoms with van der Waals surface area (Å²) in [6, 6.07) is 8.97. The summed E-state index contributed by atoms with van der Waals surface area (Å²) in [6.45, 7) is 1.61. The first-order chi connectivity index (χ1) is 5.77. The first-order valence-electron chi connectivity index (χ1n) is 3.98. The van der Waals surface area contributed by atoms with Crippen molar-refractivity contribution >= 4 is 11.9 Å². The molecule has 0 atom stereocenters. The number of allylic oxidation sites excluding steroid dienone is 1. The van der Waals surface area contributed by atoms with E-state index in [0.29, 0.717) is 0 Å². The molecular weight excluding hydrogens is 148 g/mol. The van der Waals surface area contributed by atoms with Gasteiger partial charge in [0.25, 0.3) is 0 Å². The Kier molecular flexibility index (Phi) is 1.58. The second-order valence-corrected chi connectivity index (χ2v) is 3.01. The number of carbonyl (C=O) groups is 1. The molecule has 1 aromatic rings. The fourth-order valence-corrected chi connectivity index (χ4v) is 1.43. The summed E-state index contributed by atoms with van der Waals surface area (Å²) in [5, 5.41) is 0. The third-order valence-electron chi connectivity index (χ3n) is 2.13. The summed E-state index contributed by atoms with van der Waals surface area (Å²) < 4.78 is 0. The quantitative estimate of drug-likeness (QED) is 0.609. The molecule has 0 N–H and O–H groups in total. The second kappa shape index (κ2) is 2.59. The number of hydrogen-bond donors (Lipinski definition) is 0. The van der Waals surface area contributed by atoms with Crippen LogP contribution in [0.2, 0.25) is 0 Å². The monoisotopic (exact) mass is 157 g/mol. The van der Waals surface area contributed by atoms with E-state index in [0.717, 1.165) is 17.6 Å². The lowest BCUT2D eigenvalue weighted by atomic mass is 10.1. The van der Waals surface area contributed by atoms with Crippen molar-refractivity contribution in [1.82, 2.24) is 0 Å². The number of fused-ring (bicyclic) bond motifs is 1. The fraction of sp³-hybridized carbons (Fsp3) is 0.182. The van der Waals surface area contributed by atoms with Crippen LogP contribution in [-0.4, -0.2) is 5.78 Å². The minimum absolute atomic E-state index is 0.166. The maximum Gasteiger partial charge on any atom is 0.156 e. The number of benzene rings is 1. The van der Waals surface area contributed by atoms with Crippen molar-refractivity contribution in [3.05, 3.63) is 41.0 Å². The van der Waals surface area contributed by atoms with E-state index in [-0.39, 0.29) is 5.78 Å². The summed E-state index contributed by atoms with van der Waals surface area (Å²) >= 11 is 0. The van der Waals surface area contributed by atoms with Crippen LogP contribution in [-0.2, 0) is 11.2 Å². The van der Waals surface area contributed by atoms with Gasteiger partial charge in [0.1, 0.15) is 0 Å². The molecule has 0 fully saturated rings. The topological polar surface area (TPSA) is 17.1 Å². The van der Waals surface area contributed by atoms with Crippen LogP contribution in [0.5, 0.6) is 0 Å². The molecule has 0 saturated heterocycles. The number of Topliss-reactive ketones (excluding diaryl/α,β-unsaturated/α-hetero) is 1. The largest absolute Gasteiger partial charge is 0.295 e. The summed E-state index contributed by atoms with van der Waals surface area (Å²) in [7, 11) is 0. The maximum absolute atomic E-state index is 11.0. The molecular formula is C11H9O. The van der Waals surface area contributed by atoms with E-state index in [9.17, 15) is 4.79 Å². The Hall–Kier alpha value is -1.37. The van der Waals surface area contributed by atoms with E-state index in [1.165, 1.54) is 5.56 Å². The van der Waals surface area contributed by atoms with Gasteiger partial charge in [0.2, 0.25) is 0 Å². The Balaban J connectivity index is 2.41. The van der Waals surface area contributed by atoms with E-state index >= 15 is 0 Å². The molecule has 1 aliphatic rings. The third kappa shape index (κ3) is 1.07. The van der Waals surface area contributed by atoms with E-state index < -0.39 is 0 Å². The van der Waals surface area contributed by atoms with Crippen LogP contribution in [0.3, 0.4) is 0 Å². The lowest BCUT2D eigenvalue weighted by Gasteiger charge is -1.94. The normalized spacial score (nSPS) is 13.9. The fourth-order valence-electron chi connectivity index (χ4n) is 1.43. The first kappa shape index (κ1) is 7.29. The van der Waals surface area contributed by atoms with Gasteiger partial charge in [-0.2, -0.15) is 0 Å². The predicted octanol–water partition coefficient (Wildman–Crippen LogP) is 2.02. The van der Waals surface area contributed by atoms with Gasteiger partial charge in [0.15, 0.2) is 5.78 Å². The van der Waals surface area contributed by atoms with Crippen LogP contribution in [0, 0.1) is 6.07 Å². The van der Waals surface area contributed by atoms with Gasteiger partial charge < -0.3 is 0 Å². The van der Waals surface area contributed by atoms with Gasteiger partial charge in [-0.05, 0) is 35.8 Å². The van der Waals surface area contributed by atoms with E-state index in [1.54, 1.807) is 6.92 Å². The predicted molar refractivity (Wildman–Crippen MR) is 47.6 cm³/mol. The zero-order valence-electron chi connectivity index (χ0n) is 6.92. The minimum Gasteiger partial charge on any atom is -0.295 e. The second-order valence-electron chi connectivity index (χ2n) is 3.01. The molecule has 0 bridgehead atoms. The average Bonchev–Trinajstić information content (AvgIpc) is 2.46. The van der Waals surface area contributed by atoms with Crippen molar-refractivity contribution in [2.45, 2.75) is 13.3 Å². The van der Waals surface area contributed by atoms with Crippen LogP contribution in [0.1, 0.15) is 18.1 Å². The van der Waals surface area contributed by atoms with Crippen LogP contribution in [0.25, 0.3) is 6.08 Å². The van der Waals surface area contributed by atoms with Crippen LogP contribution >= 0.6 is 0 Å². The highest BCUT2D eigenvalue weighted by atomic mass is 16.1. The Morgan fingerprint density at radius 3 is 3.08 bits per heavy atom. The van der Waals surface area contributed by atoms with E-state index in [1.807, 2.05) is 24.3 Å². The number of hydrogen-bond acceptors (Lipinski definition) is 1. The van der Waals surface area contributed by atoms with Crippen molar-refractivity contribution in [3.63, 3.8) is 0 Å². The Bertz CT molecular complexity index is 361. The first-order valence-corrected chi connectivity index (χ1v) is 3.98. The van der Waals surface area contributed by atoms with Crippen molar-refractivity contribution in [3.8, 4) is 0 Å². The van der Waals surface area contributed by atoms with Crippen molar-refractivity contribution in [2.24, 2.45) is 0 Å². The summed E-state index contributed by atoms with van der Waals surface area (Å²) in [4.78, 5) is 11.0. The molecule has 0 aromatic heterocycles. The van der Waals surface area contributed by atoms with Crippen LogP contribution < -0.4 is 0 Å². The standard InChI is InChI=1S/C11H9O/c1-8(12)11-6-9-4-2-3-5-10(9)7-11/h2-4,7H,6H2,1H3. The highest BCUT2D eigenvalue weighted by Crippen LogP contribution is 2.24. The van der Waals surface area contributed by atoms with Crippen molar-refractivity contribution < 1.29 is 4.79 Å². The maximum atomic E-state index is 11.0. The van der Waals surface area contributed by atoms with Gasteiger partial charge in [0.05, 0.1) is 0 Å². The van der Waals surface area contributed by atoms with Crippen LogP contribution in [0.4, 0.5) is 0 Å². The highest BCUT2D eigenvalue weighted by Gasteiger charge is 2.14. The van der Waals surface area contributed by atoms with Gasteiger partial charge in [0, 0.05) is 6.42 Å².